The number of phenolic OH excluding ortho intramolecular Hbond substituents is 3. The Labute approximate surface area is 157 Å². The molecule has 0 bridgehead atoms. The van der Waals surface area contributed by atoms with E-state index in [0.717, 1.165) is 12.1 Å². The maximum absolute atomic E-state index is 12.8. The van der Waals surface area contributed by atoms with Crippen LogP contribution in [0, 0.1) is 0 Å². The summed E-state index contributed by atoms with van der Waals surface area (Å²) >= 11 is 0. The molecule has 0 saturated heterocycles. The average Bonchev–Trinajstić information content (AvgIpc) is 2.61. The molecule has 0 amide bonds. The monoisotopic (exact) mass is 388 g/mol. The Hall–Kier alpha value is -3.88. The Bertz CT molecular complexity index is 1140. The Morgan fingerprint density at radius 1 is 0.964 bits per heavy atom. The van der Waals surface area contributed by atoms with E-state index >= 15 is 0 Å². The van der Waals surface area contributed by atoms with E-state index in [1.54, 1.807) is 0 Å². The van der Waals surface area contributed by atoms with Crippen LogP contribution in [0.4, 0.5) is 0 Å². The topological polar surface area (TPSA) is 136 Å². The minimum absolute atomic E-state index is 0.0219. The van der Waals surface area contributed by atoms with Crippen LogP contribution < -0.4 is 19.6 Å². The molecule has 0 aliphatic heterocycles. The van der Waals surface area contributed by atoms with Crippen LogP contribution in [0.2, 0.25) is 0 Å². The molecule has 0 radical (unpaired) electrons. The quantitative estimate of drug-likeness (QED) is 0.455. The Kier molecular flexibility index (Phi) is 4.74. The summed E-state index contributed by atoms with van der Waals surface area (Å²) in [6.45, 7) is 1.19. The summed E-state index contributed by atoms with van der Waals surface area (Å²) in [6, 6.07) is 4.54. The largest absolute Gasteiger partial charge is 0.508 e. The number of phenols is 3. The number of aromatic hydroxyl groups is 3. The molecule has 0 spiro atoms. The number of carbonyl (C=O) groups excluding carboxylic acids is 1. The first-order valence-corrected chi connectivity index (χ1v) is 7.93. The van der Waals surface area contributed by atoms with Crippen LogP contribution in [0.25, 0.3) is 22.3 Å². The summed E-state index contributed by atoms with van der Waals surface area (Å²) in [7, 11) is 2.54. The number of rotatable bonds is 4. The van der Waals surface area contributed by atoms with E-state index in [9.17, 15) is 24.9 Å². The fourth-order valence-electron chi connectivity index (χ4n) is 2.76. The Morgan fingerprint density at radius 3 is 2.29 bits per heavy atom. The zero-order valence-corrected chi connectivity index (χ0v) is 15.1. The van der Waals surface area contributed by atoms with Gasteiger partial charge in [-0.3, -0.25) is 9.59 Å². The van der Waals surface area contributed by atoms with Crippen LogP contribution in [0.15, 0.2) is 33.5 Å². The van der Waals surface area contributed by atoms with Crippen molar-refractivity contribution in [1.29, 1.82) is 0 Å². The third-order valence-electron chi connectivity index (χ3n) is 3.90. The number of hydrogen-bond acceptors (Lipinski definition) is 9. The molecule has 1 heterocycles. The summed E-state index contributed by atoms with van der Waals surface area (Å²) in [5.74, 6) is -2.24. The molecule has 0 atom stereocenters. The van der Waals surface area contributed by atoms with Crippen molar-refractivity contribution in [2.45, 2.75) is 6.92 Å². The molecule has 0 fully saturated rings. The van der Waals surface area contributed by atoms with Gasteiger partial charge in [0.1, 0.15) is 28.2 Å². The average molecular weight is 388 g/mol. The molecule has 0 aliphatic carbocycles. The molecule has 3 N–H and O–H groups in total. The lowest BCUT2D eigenvalue weighted by molar-refractivity contribution is -0.132. The second kappa shape index (κ2) is 7.03. The van der Waals surface area contributed by atoms with Crippen molar-refractivity contribution in [1.82, 2.24) is 0 Å². The van der Waals surface area contributed by atoms with Crippen LogP contribution in [0.3, 0.4) is 0 Å². The molecule has 0 saturated carbocycles. The molecule has 2 aromatic carbocycles. The van der Waals surface area contributed by atoms with Gasteiger partial charge in [0, 0.05) is 25.1 Å². The molecule has 0 unspecified atom stereocenters. The lowest BCUT2D eigenvalue weighted by atomic mass is 10.1. The van der Waals surface area contributed by atoms with E-state index in [1.165, 1.54) is 33.3 Å². The minimum Gasteiger partial charge on any atom is -0.508 e. The second-order valence-corrected chi connectivity index (χ2v) is 5.75. The molecule has 146 valence electrons. The lowest BCUT2D eigenvalue weighted by Crippen LogP contribution is -2.08. The van der Waals surface area contributed by atoms with Gasteiger partial charge in [0.15, 0.2) is 17.3 Å². The first-order chi connectivity index (χ1) is 13.3. The van der Waals surface area contributed by atoms with Crippen LogP contribution in [-0.4, -0.2) is 35.5 Å². The number of ether oxygens (including phenoxy) is 3. The van der Waals surface area contributed by atoms with Gasteiger partial charge in [0.2, 0.25) is 11.2 Å². The number of benzene rings is 2. The molecule has 0 aliphatic rings. The van der Waals surface area contributed by atoms with Gasteiger partial charge in [0.05, 0.1) is 19.8 Å². The number of carbonyl (C=O) groups is 1. The molecule has 3 rings (SSSR count). The van der Waals surface area contributed by atoms with E-state index in [4.69, 9.17) is 18.6 Å². The molecule has 9 nitrogen and oxygen atoms in total. The highest BCUT2D eigenvalue weighted by molar-refractivity contribution is 5.89. The Morgan fingerprint density at radius 2 is 1.68 bits per heavy atom. The van der Waals surface area contributed by atoms with Crippen molar-refractivity contribution in [2.24, 2.45) is 0 Å². The number of methoxy groups -OCH3 is 2. The van der Waals surface area contributed by atoms with Crippen molar-refractivity contribution in [2.75, 3.05) is 14.2 Å². The summed E-state index contributed by atoms with van der Waals surface area (Å²) in [6.07, 6.45) is 0. The molecule has 28 heavy (non-hydrogen) atoms. The zero-order chi connectivity index (χ0) is 20.6. The number of esters is 1. The second-order valence-electron chi connectivity index (χ2n) is 5.75. The van der Waals surface area contributed by atoms with Crippen LogP contribution in [-0.2, 0) is 4.79 Å². The normalized spacial score (nSPS) is 10.7. The highest BCUT2D eigenvalue weighted by Crippen LogP contribution is 2.43. The highest BCUT2D eigenvalue weighted by atomic mass is 16.6. The van der Waals surface area contributed by atoms with Gasteiger partial charge in [-0.15, -0.1) is 0 Å². The first kappa shape index (κ1) is 18.9. The number of fused-ring (bicyclic) bond motifs is 1. The fraction of sp³-hybridized carbons (Fsp3) is 0.158. The lowest BCUT2D eigenvalue weighted by Gasteiger charge is -2.14. The van der Waals surface area contributed by atoms with E-state index < -0.39 is 17.1 Å². The van der Waals surface area contributed by atoms with E-state index in [0.29, 0.717) is 0 Å². The van der Waals surface area contributed by atoms with E-state index in [1.807, 2.05) is 0 Å². The van der Waals surface area contributed by atoms with Crippen LogP contribution >= 0.6 is 0 Å². The van der Waals surface area contributed by atoms with Crippen molar-refractivity contribution in [3.05, 3.63) is 34.5 Å². The summed E-state index contributed by atoms with van der Waals surface area (Å²) in [5.41, 5.74) is -0.890. The summed E-state index contributed by atoms with van der Waals surface area (Å²) < 4.78 is 20.9. The predicted molar refractivity (Wildman–Crippen MR) is 97.3 cm³/mol. The highest BCUT2D eigenvalue weighted by Gasteiger charge is 2.24. The summed E-state index contributed by atoms with van der Waals surface area (Å²) in [5, 5.41) is 29.8. The standard InChI is InChI=1S/C19H16O9/c1-8(20)27-14-6-10(11(22)7-13(14)25-2)18-19(26-3)17(24)16-12(23)4-9(21)5-15(16)28-18/h4-7,21-23H,1-3H3. The molecule has 9 heteroatoms. The third-order valence-corrected chi connectivity index (χ3v) is 3.90. The first-order valence-electron chi connectivity index (χ1n) is 7.93. The third kappa shape index (κ3) is 3.13. The smallest absolute Gasteiger partial charge is 0.308 e. The van der Waals surface area contributed by atoms with Crippen LogP contribution in [0.1, 0.15) is 6.92 Å². The van der Waals surface area contributed by atoms with Gasteiger partial charge < -0.3 is 33.9 Å². The van der Waals surface area contributed by atoms with Crippen molar-refractivity contribution in [3.8, 4) is 45.8 Å². The predicted octanol–water partition coefficient (Wildman–Crippen LogP) is 2.52. The van der Waals surface area contributed by atoms with E-state index in [2.05, 4.69) is 0 Å². The fourth-order valence-corrected chi connectivity index (χ4v) is 2.76. The van der Waals surface area contributed by atoms with Crippen molar-refractivity contribution >= 4 is 16.9 Å². The zero-order valence-electron chi connectivity index (χ0n) is 15.1. The maximum atomic E-state index is 12.8. The van der Waals surface area contributed by atoms with Gasteiger partial charge in [-0.25, -0.2) is 0 Å². The molecular weight excluding hydrogens is 372 g/mol. The molecule has 3 aromatic rings. The van der Waals surface area contributed by atoms with Gasteiger partial charge >= 0.3 is 5.97 Å². The Balaban J connectivity index is 2.37. The molecular formula is C19H16O9. The van der Waals surface area contributed by atoms with Crippen molar-refractivity contribution in [3.63, 3.8) is 0 Å². The summed E-state index contributed by atoms with van der Waals surface area (Å²) in [4.78, 5) is 24.1. The van der Waals surface area contributed by atoms with Crippen LogP contribution in [0.5, 0.6) is 34.5 Å². The van der Waals surface area contributed by atoms with Gasteiger partial charge in [-0.2, -0.15) is 0 Å². The van der Waals surface area contributed by atoms with Gasteiger partial charge in [-0.1, -0.05) is 0 Å². The van der Waals surface area contributed by atoms with E-state index in [-0.39, 0.29) is 51.0 Å². The van der Waals surface area contributed by atoms with Gasteiger partial charge in [0.25, 0.3) is 0 Å². The number of hydrogen-bond donors (Lipinski definition) is 3. The SMILES string of the molecule is COc1cc(O)c(-c2oc3cc(O)cc(O)c3c(=O)c2OC)cc1OC(C)=O. The minimum atomic E-state index is -0.722. The van der Waals surface area contributed by atoms with Gasteiger partial charge in [-0.05, 0) is 6.07 Å². The molecule has 1 aromatic heterocycles. The van der Waals surface area contributed by atoms with Crippen molar-refractivity contribution < 1.29 is 38.7 Å². The maximum Gasteiger partial charge on any atom is 0.308 e.